The number of hydrogen-bond acceptors (Lipinski definition) is 5. The molecular formula is C18H21F2N3O5. The van der Waals surface area contributed by atoms with Crippen LogP contribution in [0.2, 0.25) is 0 Å². The second kappa shape index (κ2) is 6.92. The molecule has 1 atom stereocenters. The van der Waals surface area contributed by atoms with Crippen molar-refractivity contribution in [1.82, 2.24) is 10.2 Å². The number of amides is 4. The topological polar surface area (TPSA) is 97.0 Å². The van der Waals surface area contributed by atoms with Gasteiger partial charge in [-0.25, -0.2) is 4.79 Å². The molecule has 4 amide bonds. The molecule has 1 aromatic carbocycles. The maximum absolute atomic E-state index is 13.1. The van der Waals surface area contributed by atoms with Crippen molar-refractivity contribution < 1.29 is 32.6 Å². The van der Waals surface area contributed by atoms with E-state index in [-0.39, 0.29) is 17.2 Å². The van der Waals surface area contributed by atoms with Crippen molar-refractivity contribution in [2.45, 2.75) is 45.4 Å². The molecule has 152 valence electrons. The Balaban J connectivity index is 1.62. The van der Waals surface area contributed by atoms with E-state index in [9.17, 15) is 23.2 Å². The molecule has 0 saturated carbocycles. The molecule has 2 N–H and O–H groups in total. The minimum atomic E-state index is -3.76. The summed E-state index contributed by atoms with van der Waals surface area (Å²) in [4.78, 5) is 37.9. The molecule has 0 aromatic heterocycles. The maximum atomic E-state index is 13.1. The molecule has 1 saturated heterocycles. The zero-order valence-corrected chi connectivity index (χ0v) is 15.7. The zero-order chi connectivity index (χ0) is 20.7. The van der Waals surface area contributed by atoms with Crippen LogP contribution < -0.4 is 20.1 Å². The Morgan fingerprint density at radius 2 is 1.93 bits per heavy atom. The van der Waals surface area contributed by atoms with Gasteiger partial charge in [0.2, 0.25) is 5.91 Å². The third-order valence-corrected chi connectivity index (χ3v) is 4.55. The van der Waals surface area contributed by atoms with Gasteiger partial charge in [-0.3, -0.25) is 14.5 Å². The highest BCUT2D eigenvalue weighted by atomic mass is 19.3. The SMILES string of the molecule is CC(C)CC[C@@]1(C)NC(=O)N(CC(=O)Nc2ccc3c(c2)OC(F)(F)O3)C1=O. The van der Waals surface area contributed by atoms with Crippen LogP contribution in [0.25, 0.3) is 0 Å². The first kappa shape index (κ1) is 19.8. The molecule has 2 aliphatic heterocycles. The lowest BCUT2D eigenvalue weighted by molar-refractivity contribution is -0.286. The molecule has 8 nitrogen and oxygen atoms in total. The number of rotatable bonds is 6. The van der Waals surface area contributed by atoms with Gasteiger partial charge in [0.15, 0.2) is 11.5 Å². The lowest BCUT2D eigenvalue weighted by Crippen LogP contribution is -2.44. The van der Waals surface area contributed by atoms with Crippen LogP contribution in [0.15, 0.2) is 18.2 Å². The number of nitrogens with zero attached hydrogens (tertiary/aromatic N) is 1. The van der Waals surface area contributed by atoms with Crippen LogP contribution in [0.5, 0.6) is 11.5 Å². The predicted molar refractivity (Wildman–Crippen MR) is 94.0 cm³/mol. The van der Waals surface area contributed by atoms with Crippen molar-refractivity contribution in [3.8, 4) is 11.5 Å². The molecule has 1 aromatic rings. The first-order chi connectivity index (χ1) is 13.0. The van der Waals surface area contributed by atoms with E-state index < -0.39 is 36.2 Å². The number of hydrogen-bond donors (Lipinski definition) is 2. The van der Waals surface area contributed by atoms with Gasteiger partial charge in [0, 0.05) is 11.8 Å². The van der Waals surface area contributed by atoms with E-state index in [1.807, 2.05) is 13.8 Å². The fraction of sp³-hybridized carbons (Fsp3) is 0.500. The van der Waals surface area contributed by atoms with Gasteiger partial charge >= 0.3 is 12.3 Å². The molecule has 2 heterocycles. The zero-order valence-electron chi connectivity index (χ0n) is 15.7. The highest BCUT2D eigenvalue weighted by Crippen LogP contribution is 2.42. The number of nitrogens with one attached hydrogen (secondary N) is 2. The first-order valence-electron chi connectivity index (χ1n) is 8.83. The average Bonchev–Trinajstić information content (AvgIpc) is 3.00. The third kappa shape index (κ3) is 4.00. The summed E-state index contributed by atoms with van der Waals surface area (Å²) < 4.78 is 34.7. The summed E-state index contributed by atoms with van der Waals surface area (Å²) >= 11 is 0. The van der Waals surface area contributed by atoms with E-state index in [1.165, 1.54) is 18.2 Å². The van der Waals surface area contributed by atoms with Gasteiger partial charge in [0.05, 0.1) is 0 Å². The number of halogens is 2. The second-order valence-corrected chi connectivity index (χ2v) is 7.46. The molecule has 10 heteroatoms. The normalized spacial score (nSPS) is 22.6. The molecule has 0 bridgehead atoms. The van der Waals surface area contributed by atoms with Crippen LogP contribution in [0.4, 0.5) is 19.3 Å². The molecule has 3 rings (SSSR count). The Bertz CT molecular complexity index is 829. The van der Waals surface area contributed by atoms with Crippen LogP contribution >= 0.6 is 0 Å². The number of carbonyl (C=O) groups is 3. The quantitative estimate of drug-likeness (QED) is 0.720. The summed E-state index contributed by atoms with van der Waals surface area (Å²) in [6.07, 6.45) is -2.56. The van der Waals surface area contributed by atoms with Gasteiger partial charge in [0.25, 0.3) is 5.91 Å². The van der Waals surface area contributed by atoms with E-state index in [0.29, 0.717) is 12.3 Å². The Hall–Kier alpha value is -2.91. The Kier molecular flexibility index (Phi) is 4.90. The van der Waals surface area contributed by atoms with Gasteiger partial charge in [-0.15, -0.1) is 8.78 Å². The number of urea groups is 1. The van der Waals surface area contributed by atoms with E-state index in [4.69, 9.17) is 0 Å². The third-order valence-electron chi connectivity index (χ3n) is 4.55. The molecule has 0 radical (unpaired) electrons. The summed E-state index contributed by atoms with van der Waals surface area (Å²) in [7, 11) is 0. The number of ether oxygens (including phenoxy) is 2. The van der Waals surface area contributed by atoms with Gasteiger partial charge in [0.1, 0.15) is 12.1 Å². The summed E-state index contributed by atoms with van der Waals surface area (Å²) in [6.45, 7) is 5.16. The molecule has 2 aliphatic rings. The lowest BCUT2D eigenvalue weighted by atomic mass is 9.92. The van der Waals surface area contributed by atoms with E-state index in [1.54, 1.807) is 6.92 Å². The lowest BCUT2D eigenvalue weighted by Gasteiger charge is -2.22. The van der Waals surface area contributed by atoms with Crippen molar-refractivity contribution in [2.75, 3.05) is 11.9 Å². The van der Waals surface area contributed by atoms with E-state index in [0.717, 1.165) is 11.3 Å². The highest BCUT2D eigenvalue weighted by Gasteiger charge is 2.48. The summed E-state index contributed by atoms with van der Waals surface area (Å²) in [5.41, 5.74) is -0.883. The van der Waals surface area contributed by atoms with Crippen LogP contribution in [0, 0.1) is 5.92 Å². The number of imide groups is 1. The predicted octanol–water partition coefficient (Wildman–Crippen LogP) is 2.69. The standard InChI is InChI=1S/C18H21F2N3O5/c1-10(2)6-7-17(3)15(25)23(16(26)22-17)9-14(24)21-11-4-5-12-13(8-11)28-18(19,20)27-12/h4-5,8,10H,6-7,9H2,1-3H3,(H,21,24)(H,22,26)/t17-/m1/s1. The smallest absolute Gasteiger partial charge is 0.395 e. The van der Waals surface area contributed by atoms with Crippen molar-refractivity contribution in [2.24, 2.45) is 5.92 Å². The van der Waals surface area contributed by atoms with Crippen molar-refractivity contribution >= 4 is 23.5 Å². The van der Waals surface area contributed by atoms with Crippen LogP contribution in [0.1, 0.15) is 33.6 Å². The molecule has 0 unspecified atom stereocenters. The average molecular weight is 397 g/mol. The van der Waals surface area contributed by atoms with Gasteiger partial charge in [-0.2, -0.15) is 0 Å². The Labute approximate surface area is 160 Å². The molecule has 1 fully saturated rings. The monoisotopic (exact) mass is 397 g/mol. The van der Waals surface area contributed by atoms with E-state index in [2.05, 4.69) is 20.1 Å². The fourth-order valence-corrected chi connectivity index (χ4v) is 3.01. The van der Waals surface area contributed by atoms with E-state index >= 15 is 0 Å². The highest BCUT2D eigenvalue weighted by molar-refractivity contribution is 6.09. The minimum Gasteiger partial charge on any atom is -0.395 e. The molecule has 28 heavy (non-hydrogen) atoms. The summed E-state index contributed by atoms with van der Waals surface area (Å²) in [5.74, 6) is -1.14. The van der Waals surface area contributed by atoms with Crippen LogP contribution in [0.3, 0.4) is 0 Å². The number of carbonyl (C=O) groups excluding carboxylic acids is 3. The molecule has 0 spiro atoms. The number of anilines is 1. The number of fused-ring (bicyclic) bond motifs is 1. The van der Waals surface area contributed by atoms with Crippen molar-refractivity contribution in [3.05, 3.63) is 18.2 Å². The molecule has 0 aliphatic carbocycles. The second-order valence-electron chi connectivity index (χ2n) is 7.46. The largest absolute Gasteiger partial charge is 0.586 e. The van der Waals surface area contributed by atoms with Gasteiger partial charge < -0.3 is 20.1 Å². The Morgan fingerprint density at radius 1 is 1.25 bits per heavy atom. The van der Waals surface area contributed by atoms with Crippen LogP contribution in [-0.4, -0.2) is 41.1 Å². The minimum absolute atomic E-state index is 0.155. The summed E-state index contributed by atoms with van der Waals surface area (Å²) in [5, 5.41) is 5.09. The van der Waals surface area contributed by atoms with Gasteiger partial charge in [-0.1, -0.05) is 13.8 Å². The fourth-order valence-electron chi connectivity index (χ4n) is 3.01. The Morgan fingerprint density at radius 3 is 2.61 bits per heavy atom. The van der Waals surface area contributed by atoms with Crippen molar-refractivity contribution in [1.29, 1.82) is 0 Å². The van der Waals surface area contributed by atoms with Gasteiger partial charge in [-0.05, 0) is 37.8 Å². The maximum Gasteiger partial charge on any atom is 0.586 e. The summed E-state index contributed by atoms with van der Waals surface area (Å²) in [6, 6.07) is 3.10. The van der Waals surface area contributed by atoms with Crippen LogP contribution in [-0.2, 0) is 9.59 Å². The number of alkyl halides is 2. The van der Waals surface area contributed by atoms with Crippen molar-refractivity contribution in [3.63, 3.8) is 0 Å². The number of benzene rings is 1. The first-order valence-corrected chi connectivity index (χ1v) is 8.83. The molecular weight excluding hydrogens is 376 g/mol.